The maximum atomic E-state index is 13.5. The summed E-state index contributed by atoms with van der Waals surface area (Å²) in [5, 5.41) is 12.3. The summed E-state index contributed by atoms with van der Waals surface area (Å²) in [6.07, 6.45) is 3.33. The van der Waals surface area contributed by atoms with Crippen molar-refractivity contribution in [1.82, 2.24) is 20.1 Å². The van der Waals surface area contributed by atoms with Crippen molar-refractivity contribution >= 4 is 17.7 Å². The van der Waals surface area contributed by atoms with Gasteiger partial charge in [-0.25, -0.2) is 4.39 Å². The molecule has 0 atom stereocenters. The van der Waals surface area contributed by atoms with Gasteiger partial charge in [-0.15, -0.1) is 10.2 Å². The molecular formula is C23H21FN4O2S. The molecule has 0 aliphatic carbocycles. The number of nitrogens with one attached hydrogen (secondary N) is 1. The van der Waals surface area contributed by atoms with Crippen molar-refractivity contribution < 1.29 is 13.6 Å². The summed E-state index contributed by atoms with van der Waals surface area (Å²) in [6.45, 7) is 2.46. The molecule has 8 heteroatoms. The lowest BCUT2D eigenvalue weighted by Gasteiger charge is -2.11. The molecule has 6 nitrogen and oxygen atoms in total. The van der Waals surface area contributed by atoms with Gasteiger partial charge < -0.3 is 9.73 Å². The highest BCUT2D eigenvalue weighted by atomic mass is 32.2. The number of halogens is 1. The van der Waals surface area contributed by atoms with E-state index in [1.165, 1.54) is 35.8 Å². The average Bonchev–Trinajstić information content (AvgIpc) is 3.44. The van der Waals surface area contributed by atoms with Gasteiger partial charge in [0, 0.05) is 24.4 Å². The van der Waals surface area contributed by atoms with E-state index >= 15 is 0 Å². The molecule has 4 rings (SSSR count). The lowest BCUT2D eigenvalue weighted by Crippen LogP contribution is -2.26. The highest BCUT2D eigenvalue weighted by Gasteiger charge is 2.16. The second-order valence-corrected chi connectivity index (χ2v) is 7.89. The lowest BCUT2D eigenvalue weighted by molar-refractivity contribution is 0.0953. The fourth-order valence-electron chi connectivity index (χ4n) is 3.10. The molecule has 0 radical (unpaired) electrons. The van der Waals surface area contributed by atoms with Crippen molar-refractivity contribution in [2.24, 2.45) is 0 Å². The van der Waals surface area contributed by atoms with Crippen LogP contribution in [0.25, 0.3) is 5.69 Å². The maximum absolute atomic E-state index is 13.5. The number of thioether (sulfide) groups is 1. The van der Waals surface area contributed by atoms with Crippen LogP contribution in [-0.2, 0) is 12.2 Å². The van der Waals surface area contributed by atoms with Crippen molar-refractivity contribution in [1.29, 1.82) is 0 Å². The molecule has 31 heavy (non-hydrogen) atoms. The Kier molecular flexibility index (Phi) is 6.47. The maximum Gasteiger partial charge on any atom is 0.254 e. The Hall–Kier alpha value is -3.39. The zero-order valence-electron chi connectivity index (χ0n) is 16.9. The van der Waals surface area contributed by atoms with Crippen LogP contribution in [0.3, 0.4) is 0 Å². The monoisotopic (exact) mass is 436 g/mol. The molecule has 0 bridgehead atoms. The number of aryl methyl sites for hydroxylation is 1. The molecule has 0 saturated heterocycles. The summed E-state index contributed by atoms with van der Waals surface area (Å²) in [4.78, 5) is 12.1. The highest BCUT2D eigenvalue weighted by molar-refractivity contribution is 7.98. The Bertz CT molecular complexity index is 1160. The third kappa shape index (κ3) is 5.03. The minimum absolute atomic E-state index is 0.212. The molecule has 2 heterocycles. The first-order valence-electron chi connectivity index (χ1n) is 9.80. The van der Waals surface area contributed by atoms with Gasteiger partial charge in [0.05, 0.1) is 11.8 Å². The smallest absolute Gasteiger partial charge is 0.254 e. The third-order valence-corrected chi connectivity index (χ3v) is 5.80. The fourth-order valence-corrected chi connectivity index (χ4v) is 4.15. The summed E-state index contributed by atoms with van der Waals surface area (Å²) in [7, 11) is 0. The van der Waals surface area contributed by atoms with Gasteiger partial charge in [0.15, 0.2) is 5.16 Å². The standard InChI is InChI=1S/C23H21FN4O2S/c1-16-4-2-3-5-18(16)15-31-23-27-26-21(28(23)20-8-6-19(24)7-9-20)10-12-25-22(29)17-11-13-30-14-17/h2-9,11,13-14H,10,12,15H2,1H3,(H,25,29). The SMILES string of the molecule is Cc1ccccc1CSc1nnc(CCNC(=O)c2ccoc2)n1-c1ccc(F)cc1. The molecule has 0 saturated carbocycles. The van der Waals surface area contributed by atoms with E-state index in [0.29, 0.717) is 29.5 Å². The number of hydrogen-bond acceptors (Lipinski definition) is 5. The van der Waals surface area contributed by atoms with E-state index in [9.17, 15) is 9.18 Å². The third-order valence-electron chi connectivity index (χ3n) is 4.82. The highest BCUT2D eigenvalue weighted by Crippen LogP contribution is 2.26. The molecule has 158 valence electrons. The first kappa shape index (κ1) is 20.9. The molecule has 0 spiro atoms. The van der Waals surface area contributed by atoms with E-state index < -0.39 is 0 Å². The topological polar surface area (TPSA) is 73.0 Å². The minimum Gasteiger partial charge on any atom is -0.472 e. The predicted molar refractivity (Wildman–Crippen MR) is 117 cm³/mol. The first-order chi connectivity index (χ1) is 15.1. The van der Waals surface area contributed by atoms with Crippen LogP contribution in [0.5, 0.6) is 0 Å². The summed E-state index contributed by atoms with van der Waals surface area (Å²) in [6, 6.07) is 16.0. The van der Waals surface area contributed by atoms with Crippen LogP contribution >= 0.6 is 11.8 Å². The number of hydrogen-bond donors (Lipinski definition) is 1. The van der Waals surface area contributed by atoms with Gasteiger partial charge >= 0.3 is 0 Å². The molecule has 0 aliphatic rings. The van der Waals surface area contributed by atoms with E-state index in [4.69, 9.17) is 4.42 Å². The lowest BCUT2D eigenvalue weighted by atomic mass is 10.1. The van der Waals surface area contributed by atoms with Crippen molar-refractivity contribution in [2.45, 2.75) is 24.3 Å². The van der Waals surface area contributed by atoms with Crippen molar-refractivity contribution in [3.05, 3.63) is 95.5 Å². The van der Waals surface area contributed by atoms with Crippen LogP contribution < -0.4 is 5.32 Å². The molecule has 1 N–H and O–H groups in total. The largest absolute Gasteiger partial charge is 0.472 e. The van der Waals surface area contributed by atoms with Crippen LogP contribution in [-0.4, -0.2) is 27.2 Å². The van der Waals surface area contributed by atoms with Gasteiger partial charge in [0.1, 0.15) is 17.9 Å². The van der Waals surface area contributed by atoms with Crippen LogP contribution in [0.15, 0.2) is 76.7 Å². The van der Waals surface area contributed by atoms with Crippen molar-refractivity contribution in [3.8, 4) is 5.69 Å². The van der Waals surface area contributed by atoms with Gasteiger partial charge in [-0.05, 0) is 48.4 Å². The molecule has 0 fully saturated rings. The molecule has 2 aromatic carbocycles. The van der Waals surface area contributed by atoms with Gasteiger partial charge in [0.2, 0.25) is 0 Å². The zero-order valence-corrected chi connectivity index (χ0v) is 17.7. The van der Waals surface area contributed by atoms with Crippen LogP contribution in [0.2, 0.25) is 0 Å². The second kappa shape index (κ2) is 9.61. The quantitative estimate of drug-likeness (QED) is 0.410. The first-order valence-corrected chi connectivity index (χ1v) is 10.8. The normalized spacial score (nSPS) is 10.9. The van der Waals surface area contributed by atoms with E-state index in [1.54, 1.807) is 30.0 Å². The summed E-state index contributed by atoms with van der Waals surface area (Å²) >= 11 is 1.57. The Balaban J connectivity index is 1.52. The predicted octanol–water partition coefficient (Wildman–Crippen LogP) is 4.57. The summed E-state index contributed by atoms with van der Waals surface area (Å²) in [5.74, 6) is 0.908. The van der Waals surface area contributed by atoms with Crippen molar-refractivity contribution in [2.75, 3.05) is 6.54 Å². The van der Waals surface area contributed by atoms with E-state index in [0.717, 1.165) is 11.4 Å². The minimum atomic E-state index is -0.306. The number of nitrogens with zero attached hydrogens (tertiary/aromatic N) is 3. The van der Waals surface area contributed by atoms with E-state index in [2.05, 4.69) is 34.6 Å². The van der Waals surface area contributed by atoms with Crippen LogP contribution in [0.4, 0.5) is 4.39 Å². The van der Waals surface area contributed by atoms with Crippen LogP contribution in [0, 0.1) is 12.7 Å². The van der Waals surface area contributed by atoms with E-state index in [1.807, 2.05) is 16.7 Å². The zero-order chi connectivity index (χ0) is 21.6. The molecule has 1 amide bonds. The Morgan fingerprint density at radius 2 is 1.94 bits per heavy atom. The molecule has 0 unspecified atom stereocenters. The molecular weight excluding hydrogens is 415 g/mol. The summed E-state index contributed by atoms with van der Waals surface area (Å²) < 4.78 is 20.3. The number of amides is 1. The van der Waals surface area contributed by atoms with Gasteiger partial charge in [-0.3, -0.25) is 9.36 Å². The number of furan rings is 1. The average molecular weight is 437 g/mol. The van der Waals surface area contributed by atoms with E-state index in [-0.39, 0.29) is 11.7 Å². The number of carbonyl (C=O) groups excluding carboxylic acids is 1. The fraction of sp³-hybridized carbons (Fsp3) is 0.174. The van der Waals surface area contributed by atoms with Crippen molar-refractivity contribution in [3.63, 3.8) is 0 Å². The molecule has 0 aliphatic heterocycles. The summed E-state index contributed by atoms with van der Waals surface area (Å²) in [5.41, 5.74) is 3.67. The number of rotatable bonds is 8. The van der Waals surface area contributed by atoms with Gasteiger partial charge in [0.25, 0.3) is 5.91 Å². The number of benzene rings is 2. The Morgan fingerprint density at radius 3 is 2.68 bits per heavy atom. The molecule has 2 aromatic heterocycles. The Morgan fingerprint density at radius 1 is 1.13 bits per heavy atom. The van der Waals surface area contributed by atoms with Crippen LogP contribution in [0.1, 0.15) is 27.3 Å². The second-order valence-electron chi connectivity index (χ2n) is 6.94. The number of carbonyl (C=O) groups is 1. The number of aromatic nitrogens is 3. The Labute approximate surface area is 183 Å². The van der Waals surface area contributed by atoms with Gasteiger partial charge in [-0.2, -0.15) is 0 Å². The van der Waals surface area contributed by atoms with Gasteiger partial charge in [-0.1, -0.05) is 36.0 Å². The molecule has 4 aromatic rings.